The molecular formula is C20H23FN4O2. The van der Waals surface area contributed by atoms with Gasteiger partial charge in [-0.3, -0.25) is 9.78 Å². The summed E-state index contributed by atoms with van der Waals surface area (Å²) in [7, 11) is 0. The molecule has 1 fully saturated rings. The van der Waals surface area contributed by atoms with Crippen LogP contribution in [0, 0.1) is 11.7 Å². The van der Waals surface area contributed by atoms with E-state index in [0.717, 1.165) is 18.4 Å². The first-order valence-electron chi connectivity index (χ1n) is 9.07. The van der Waals surface area contributed by atoms with Gasteiger partial charge in [0, 0.05) is 44.1 Å². The number of hydrogen-bond donors (Lipinski definition) is 2. The molecule has 0 unspecified atom stereocenters. The van der Waals surface area contributed by atoms with Crippen molar-refractivity contribution in [3.05, 3.63) is 65.7 Å². The van der Waals surface area contributed by atoms with Crippen molar-refractivity contribution < 1.29 is 14.0 Å². The van der Waals surface area contributed by atoms with Crippen LogP contribution in [0.15, 0.2) is 48.8 Å². The number of urea groups is 1. The number of carbonyl (C=O) groups is 2. The highest BCUT2D eigenvalue weighted by Crippen LogP contribution is 2.18. The third-order valence-electron chi connectivity index (χ3n) is 4.75. The zero-order valence-corrected chi connectivity index (χ0v) is 15.0. The Morgan fingerprint density at radius 3 is 2.37 bits per heavy atom. The van der Waals surface area contributed by atoms with Gasteiger partial charge in [0.05, 0.1) is 0 Å². The highest BCUT2D eigenvalue weighted by molar-refractivity contribution is 5.94. The molecule has 0 radical (unpaired) electrons. The molecule has 1 aromatic heterocycles. The predicted molar refractivity (Wildman–Crippen MR) is 99.5 cm³/mol. The lowest BCUT2D eigenvalue weighted by atomic mass is 9.96. The van der Waals surface area contributed by atoms with E-state index in [1.807, 2.05) is 4.90 Å². The summed E-state index contributed by atoms with van der Waals surface area (Å²) in [5, 5.41) is 5.64. The summed E-state index contributed by atoms with van der Waals surface area (Å²) >= 11 is 0. The number of nitrogens with zero attached hydrogens (tertiary/aromatic N) is 2. The Morgan fingerprint density at radius 1 is 1.04 bits per heavy atom. The number of carbonyl (C=O) groups excluding carboxylic acids is 2. The van der Waals surface area contributed by atoms with Crippen LogP contribution >= 0.6 is 0 Å². The highest BCUT2D eigenvalue weighted by Gasteiger charge is 2.23. The van der Waals surface area contributed by atoms with Crippen LogP contribution in [-0.2, 0) is 6.54 Å². The van der Waals surface area contributed by atoms with Crippen LogP contribution < -0.4 is 10.6 Å². The van der Waals surface area contributed by atoms with Crippen molar-refractivity contribution in [1.29, 1.82) is 0 Å². The standard InChI is InChI=1S/C20H23FN4O2/c21-18-3-1-15(2-4-18)13-23-20(27)24-14-16-7-11-25(12-8-16)19(26)17-5-9-22-10-6-17/h1-6,9-10,16H,7-8,11-14H2,(H2,23,24,27). The van der Waals surface area contributed by atoms with Crippen LogP contribution in [-0.4, -0.2) is 41.5 Å². The molecule has 2 heterocycles. The molecule has 0 aliphatic carbocycles. The van der Waals surface area contributed by atoms with Gasteiger partial charge in [-0.1, -0.05) is 12.1 Å². The first kappa shape index (κ1) is 18.8. The Bertz CT molecular complexity index is 759. The second kappa shape index (κ2) is 9.12. The molecule has 2 aromatic rings. The van der Waals surface area contributed by atoms with Gasteiger partial charge in [-0.2, -0.15) is 0 Å². The predicted octanol–water partition coefficient (Wildman–Crippen LogP) is 2.57. The molecule has 0 saturated carbocycles. The summed E-state index contributed by atoms with van der Waals surface area (Å²) in [5.74, 6) is 0.0841. The molecule has 1 aliphatic rings. The number of pyridine rings is 1. The van der Waals surface area contributed by atoms with Gasteiger partial charge < -0.3 is 15.5 Å². The number of rotatable bonds is 5. The van der Waals surface area contributed by atoms with Gasteiger partial charge in [0.2, 0.25) is 0 Å². The number of piperidine rings is 1. The number of halogens is 1. The molecule has 3 rings (SSSR count). The Hall–Kier alpha value is -2.96. The molecule has 1 aromatic carbocycles. The maximum atomic E-state index is 12.9. The smallest absolute Gasteiger partial charge is 0.315 e. The number of benzene rings is 1. The minimum atomic E-state index is -0.294. The van der Waals surface area contributed by atoms with Crippen molar-refractivity contribution in [1.82, 2.24) is 20.5 Å². The highest BCUT2D eigenvalue weighted by atomic mass is 19.1. The van der Waals surface area contributed by atoms with Crippen LogP contribution in [0.25, 0.3) is 0 Å². The molecule has 0 bridgehead atoms. The monoisotopic (exact) mass is 370 g/mol. The second-order valence-electron chi connectivity index (χ2n) is 6.66. The summed E-state index contributed by atoms with van der Waals surface area (Å²) in [6.45, 7) is 2.30. The summed E-state index contributed by atoms with van der Waals surface area (Å²) in [6.07, 6.45) is 4.95. The number of likely N-dealkylation sites (tertiary alicyclic amines) is 1. The summed E-state index contributed by atoms with van der Waals surface area (Å²) in [5.41, 5.74) is 1.50. The molecule has 6 nitrogen and oxygen atoms in total. The molecule has 2 N–H and O–H groups in total. The van der Waals surface area contributed by atoms with E-state index in [-0.39, 0.29) is 17.8 Å². The molecule has 0 spiro atoms. The first-order valence-corrected chi connectivity index (χ1v) is 9.07. The van der Waals surface area contributed by atoms with Gasteiger partial charge in [0.1, 0.15) is 5.82 Å². The SMILES string of the molecule is O=C(NCc1ccc(F)cc1)NCC1CCN(C(=O)c2ccncc2)CC1. The summed E-state index contributed by atoms with van der Waals surface area (Å²) in [6, 6.07) is 9.24. The van der Waals surface area contributed by atoms with Crippen LogP contribution in [0.4, 0.5) is 9.18 Å². The summed E-state index contributed by atoms with van der Waals surface area (Å²) in [4.78, 5) is 30.1. The van der Waals surface area contributed by atoms with E-state index in [4.69, 9.17) is 0 Å². The molecule has 1 aliphatic heterocycles. The lowest BCUT2D eigenvalue weighted by molar-refractivity contribution is 0.0690. The molecule has 142 valence electrons. The molecule has 0 atom stereocenters. The van der Waals surface area contributed by atoms with Crippen molar-refractivity contribution in [2.45, 2.75) is 19.4 Å². The van der Waals surface area contributed by atoms with Gasteiger partial charge in [0.25, 0.3) is 5.91 Å². The molecule has 7 heteroatoms. The molecule has 1 saturated heterocycles. The fourth-order valence-corrected chi connectivity index (χ4v) is 3.10. The minimum absolute atomic E-state index is 0.0286. The van der Waals surface area contributed by atoms with Crippen molar-refractivity contribution in [2.75, 3.05) is 19.6 Å². The molecule has 27 heavy (non-hydrogen) atoms. The maximum absolute atomic E-state index is 12.9. The zero-order chi connectivity index (χ0) is 19.1. The van der Waals surface area contributed by atoms with Crippen molar-refractivity contribution in [3.63, 3.8) is 0 Å². The average Bonchev–Trinajstić information content (AvgIpc) is 2.72. The van der Waals surface area contributed by atoms with E-state index >= 15 is 0 Å². The summed E-state index contributed by atoms with van der Waals surface area (Å²) < 4.78 is 12.9. The minimum Gasteiger partial charge on any atom is -0.339 e. The largest absolute Gasteiger partial charge is 0.339 e. The van der Waals surface area contributed by atoms with Gasteiger partial charge in [0.15, 0.2) is 0 Å². The number of hydrogen-bond acceptors (Lipinski definition) is 3. The quantitative estimate of drug-likeness (QED) is 0.850. The van der Waals surface area contributed by atoms with Crippen LogP contribution in [0.2, 0.25) is 0 Å². The van der Waals surface area contributed by atoms with Crippen LogP contribution in [0.3, 0.4) is 0 Å². The van der Waals surface area contributed by atoms with E-state index in [1.54, 1.807) is 36.7 Å². The van der Waals surface area contributed by atoms with Gasteiger partial charge in [-0.15, -0.1) is 0 Å². The van der Waals surface area contributed by atoms with E-state index in [9.17, 15) is 14.0 Å². The fourth-order valence-electron chi connectivity index (χ4n) is 3.10. The topological polar surface area (TPSA) is 74.3 Å². The Morgan fingerprint density at radius 2 is 1.70 bits per heavy atom. The van der Waals surface area contributed by atoms with Crippen molar-refractivity contribution in [2.24, 2.45) is 5.92 Å². The number of aromatic nitrogens is 1. The van der Waals surface area contributed by atoms with Crippen molar-refractivity contribution in [3.8, 4) is 0 Å². The second-order valence-corrected chi connectivity index (χ2v) is 6.66. The Kier molecular flexibility index (Phi) is 6.35. The lowest BCUT2D eigenvalue weighted by Gasteiger charge is -2.32. The van der Waals surface area contributed by atoms with Crippen LogP contribution in [0.1, 0.15) is 28.8 Å². The third kappa shape index (κ3) is 5.51. The van der Waals surface area contributed by atoms with Gasteiger partial charge in [-0.25, -0.2) is 9.18 Å². The normalized spacial score (nSPS) is 14.6. The van der Waals surface area contributed by atoms with Crippen LogP contribution in [0.5, 0.6) is 0 Å². The molecular weight excluding hydrogens is 347 g/mol. The fraction of sp³-hybridized carbons (Fsp3) is 0.350. The average molecular weight is 370 g/mol. The van der Waals surface area contributed by atoms with E-state index in [1.165, 1.54) is 12.1 Å². The van der Waals surface area contributed by atoms with E-state index < -0.39 is 0 Å². The lowest BCUT2D eigenvalue weighted by Crippen LogP contribution is -2.43. The number of nitrogens with one attached hydrogen (secondary N) is 2. The van der Waals surface area contributed by atoms with Gasteiger partial charge >= 0.3 is 6.03 Å². The maximum Gasteiger partial charge on any atom is 0.315 e. The molecule has 3 amide bonds. The number of amides is 3. The Labute approximate surface area is 157 Å². The van der Waals surface area contributed by atoms with E-state index in [0.29, 0.717) is 37.7 Å². The van der Waals surface area contributed by atoms with Gasteiger partial charge in [-0.05, 0) is 48.6 Å². The zero-order valence-electron chi connectivity index (χ0n) is 15.0. The Balaban J connectivity index is 1.36. The van der Waals surface area contributed by atoms with Crippen molar-refractivity contribution >= 4 is 11.9 Å². The van der Waals surface area contributed by atoms with E-state index in [2.05, 4.69) is 15.6 Å². The first-order chi connectivity index (χ1) is 13.1. The third-order valence-corrected chi connectivity index (χ3v) is 4.75.